The Labute approximate surface area is 54.1 Å². The number of rotatable bonds is 3. The van der Waals surface area contributed by atoms with Crippen LogP contribution in [-0.4, -0.2) is 28.5 Å². The van der Waals surface area contributed by atoms with Crippen molar-refractivity contribution >= 4 is 12.2 Å². The summed E-state index contributed by atoms with van der Waals surface area (Å²) in [6.45, 7) is 1.48. The number of carbonyl (C=O) groups is 1. The fourth-order valence-electron chi connectivity index (χ4n) is 0.306. The molecule has 0 amide bonds. The second-order valence-corrected chi connectivity index (χ2v) is 1.79. The van der Waals surface area contributed by atoms with E-state index in [4.69, 9.17) is 11.9 Å². The van der Waals surface area contributed by atoms with Gasteiger partial charge in [0.15, 0.2) is 6.10 Å². The molecule has 0 saturated carbocycles. The van der Waals surface area contributed by atoms with Crippen LogP contribution in [0.1, 0.15) is 6.92 Å². The summed E-state index contributed by atoms with van der Waals surface area (Å²) in [5.74, 6) is -1.63. The van der Waals surface area contributed by atoms with Crippen molar-refractivity contribution in [3.05, 3.63) is 0 Å². The summed E-state index contributed by atoms with van der Waals surface area (Å²) in [6.07, 6.45) is -0.475. The van der Waals surface area contributed by atoms with E-state index in [1.54, 1.807) is 0 Å². The molecular formula is C5H9NO3. The first-order chi connectivity index (χ1) is 4.63. The Balaban J connectivity index is 3.93. The number of aliphatic hydroxyl groups is 1. The van der Waals surface area contributed by atoms with Gasteiger partial charge in [0.1, 0.15) is 0 Å². The van der Waals surface area contributed by atoms with E-state index in [-0.39, 0.29) is 0 Å². The molecule has 52 valence electrons. The summed E-state index contributed by atoms with van der Waals surface area (Å²) < 4.78 is 6.12. The van der Waals surface area contributed by atoms with Gasteiger partial charge in [0.05, 0.1) is 0 Å². The Hall–Kier alpha value is -0.900. The quantitative estimate of drug-likeness (QED) is 0.463. The van der Waals surface area contributed by atoms with Crippen LogP contribution in [0.4, 0.5) is 0 Å². The first-order valence-electron chi connectivity index (χ1n) is 2.90. The minimum absolute atomic E-state index is 0.599. The second kappa shape index (κ2) is 3.19. The zero-order valence-corrected chi connectivity index (χ0v) is 5.00. The van der Waals surface area contributed by atoms with E-state index >= 15 is 0 Å². The van der Waals surface area contributed by atoms with Crippen LogP contribution in [0.5, 0.6) is 0 Å². The number of carboxylic acid groups (broad SMARTS) is 1. The van der Waals surface area contributed by atoms with E-state index in [0.717, 1.165) is 6.21 Å². The minimum Gasteiger partial charge on any atom is -0.479 e. The average molecular weight is 133 g/mol. The SMILES string of the molecule is [3H]OC(=O)C(O)C(C)C=N. The molecule has 3 N–H and O–H groups in total. The predicted molar refractivity (Wildman–Crippen MR) is 31.6 cm³/mol. The molecule has 0 aliphatic heterocycles. The monoisotopic (exact) mass is 133 g/mol. The molecule has 0 fully saturated rings. The molecule has 0 aliphatic carbocycles. The lowest BCUT2D eigenvalue weighted by Crippen LogP contribution is -2.27. The lowest BCUT2D eigenvalue weighted by atomic mass is 10.1. The summed E-state index contributed by atoms with van der Waals surface area (Å²) in [4.78, 5) is 10.3. The summed E-state index contributed by atoms with van der Waals surface area (Å²) in [6, 6.07) is 0. The highest BCUT2D eigenvalue weighted by Crippen LogP contribution is 1.97. The van der Waals surface area contributed by atoms with Crippen LogP contribution in [0.3, 0.4) is 0 Å². The molecule has 0 saturated heterocycles. The van der Waals surface area contributed by atoms with Crippen molar-refractivity contribution in [2.24, 2.45) is 5.92 Å². The Morgan fingerprint density at radius 2 is 2.56 bits per heavy atom. The lowest BCUT2D eigenvalue weighted by molar-refractivity contribution is -0.147. The highest BCUT2D eigenvalue weighted by molar-refractivity contribution is 5.77. The van der Waals surface area contributed by atoms with Crippen LogP contribution in [-0.2, 0) is 4.79 Å². The number of nitrogens with one attached hydrogen (secondary N) is 1. The van der Waals surface area contributed by atoms with Gasteiger partial charge in [-0.3, -0.25) is 0 Å². The van der Waals surface area contributed by atoms with Crippen molar-refractivity contribution < 1.29 is 15.0 Å². The van der Waals surface area contributed by atoms with Gasteiger partial charge in [-0.2, -0.15) is 0 Å². The van der Waals surface area contributed by atoms with Crippen molar-refractivity contribution in [3.8, 4) is 0 Å². The highest BCUT2D eigenvalue weighted by atomic mass is 16.4. The largest absolute Gasteiger partial charge is 0.479 e. The molecule has 0 radical (unpaired) electrons. The molecule has 2 atom stereocenters. The molecule has 0 aliphatic rings. The normalized spacial score (nSPS) is 17.3. The van der Waals surface area contributed by atoms with Gasteiger partial charge < -0.3 is 15.6 Å². The first kappa shape index (κ1) is 6.22. The van der Waals surface area contributed by atoms with E-state index in [2.05, 4.69) is 5.11 Å². The number of hydrogen-bond acceptors (Lipinski definition) is 4. The Morgan fingerprint density at radius 3 is 2.89 bits per heavy atom. The topological polar surface area (TPSA) is 81.4 Å². The van der Waals surface area contributed by atoms with Gasteiger partial charge in [-0.15, -0.1) is 0 Å². The summed E-state index contributed by atoms with van der Waals surface area (Å²) in [5, 5.41) is 19.0. The lowest BCUT2D eigenvalue weighted by Gasteiger charge is -2.07. The molecule has 0 rings (SSSR count). The van der Waals surface area contributed by atoms with Crippen LogP contribution < -0.4 is 0 Å². The average Bonchev–Trinajstić information content (AvgIpc) is 2.00. The molecule has 9 heavy (non-hydrogen) atoms. The van der Waals surface area contributed by atoms with Gasteiger partial charge in [0, 0.05) is 12.1 Å². The molecule has 0 heterocycles. The number of carboxylic acids is 1. The zero-order valence-electron chi connectivity index (χ0n) is 6.00. The van der Waals surface area contributed by atoms with Gasteiger partial charge in [0.2, 0.25) is 0 Å². The number of aliphatic carboxylic acids is 1. The van der Waals surface area contributed by atoms with E-state index < -0.39 is 18.0 Å². The fourth-order valence-corrected chi connectivity index (χ4v) is 0.306. The second-order valence-electron chi connectivity index (χ2n) is 1.79. The fraction of sp³-hybridized carbons (Fsp3) is 0.600. The number of hydrogen-bond donors (Lipinski definition) is 3. The molecule has 0 aromatic carbocycles. The van der Waals surface area contributed by atoms with Crippen molar-refractivity contribution in [2.75, 3.05) is 0 Å². The molecule has 4 nitrogen and oxygen atoms in total. The van der Waals surface area contributed by atoms with Crippen molar-refractivity contribution in [1.29, 1.82) is 6.84 Å². The molecule has 0 aromatic rings. The summed E-state index contributed by atoms with van der Waals surface area (Å²) >= 11 is 0. The Kier molecular flexibility index (Phi) is 2.21. The van der Waals surface area contributed by atoms with Crippen LogP contribution in [0.15, 0.2) is 0 Å². The molecular weight excluding hydrogens is 122 g/mol. The van der Waals surface area contributed by atoms with Crippen LogP contribution in [0.2, 0.25) is 0 Å². The number of aliphatic hydroxyl groups excluding tert-OH is 1. The minimum atomic E-state index is -1.39. The molecule has 0 aromatic heterocycles. The van der Waals surface area contributed by atoms with E-state index in [1.807, 2.05) is 0 Å². The summed E-state index contributed by atoms with van der Waals surface area (Å²) in [5.41, 5.74) is 0. The zero-order chi connectivity index (χ0) is 8.15. The van der Waals surface area contributed by atoms with E-state index in [9.17, 15) is 4.79 Å². The standard InChI is InChI=1S/C5H9NO3/c1-3(2-6)4(7)5(8)9/h2-4,6-7H,1H3,(H,8,9)/i/hT. The predicted octanol–water partition coefficient (Wildman–Crippen LogP) is -0.282. The van der Waals surface area contributed by atoms with Gasteiger partial charge >= 0.3 is 5.97 Å². The van der Waals surface area contributed by atoms with Gasteiger partial charge in [0.25, 0.3) is 1.43 Å². The Bertz CT molecular complexity index is 139. The highest BCUT2D eigenvalue weighted by Gasteiger charge is 2.18. The third-order valence-electron chi connectivity index (χ3n) is 1.00. The molecule has 2 unspecified atom stereocenters. The van der Waals surface area contributed by atoms with Crippen molar-refractivity contribution in [1.82, 2.24) is 0 Å². The molecule has 0 spiro atoms. The van der Waals surface area contributed by atoms with Gasteiger partial charge in [-0.1, -0.05) is 6.92 Å². The maximum Gasteiger partial charge on any atom is 0.333 e. The third kappa shape index (κ3) is 2.23. The summed E-state index contributed by atoms with van der Waals surface area (Å²) in [7, 11) is 0. The van der Waals surface area contributed by atoms with Crippen LogP contribution in [0, 0.1) is 11.3 Å². The first-order valence-corrected chi connectivity index (χ1v) is 2.49. The maximum absolute atomic E-state index is 10.3. The van der Waals surface area contributed by atoms with E-state index in [1.165, 1.54) is 6.92 Å². The Morgan fingerprint density at radius 1 is 2.00 bits per heavy atom. The smallest absolute Gasteiger partial charge is 0.333 e. The maximum atomic E-state index is 10.3. The van der Waals surface area contributed by atoms with Crippen molar-refractivity contribution in [3.63, 3.8) is 0 Å². The molecule has 4 heteroatoms. The van der Waals surface area contributed by atoms with Gasteiger partial charge in [-0.05, 0) is 0 Å². The van der Waals surface area contributed by atoms with Crippen molar-refractivity contribution in [2.45, 2.75) is 13.0 Å². The van der Waals surface area contributed by atoms with E-state index in [0.29, 0.717) is 0 Å². The van der Waals surface area contributed by atoms with Crippen LogP contribution in [0.25, 0.3) is 1.43 Å². The third-order valence-corrected chi connectivity index (χ3v) is 1.00. The molecule has 0 bridgehead atoms. The van der Waals surface area contributed by atoms with Gasteiger partial charge in [-0.25, -0.2) is 4.79 Å². The van der Waals surface area contributed by atoms with Crippen LogP contribution >= 0.6 is 0 Å².